The fourth-order valence-electron chi connectivity index (χ4n) is 1.91. The van der Waals surface area contributed by atoms with Crippen LogP contribution in [0.5, 0.6) is 0 Å². The number of Topliss-reactive ketones (excluding diaryl/α,β-unsaturated/α-hetero) is 1. The second kappa shape index (κ2) is 6.17. The molecule has 94 valence electrons. The number of hydrogen-bond donors (Lipinski definition) is 1. The molecule has 0 saturated carbocycles. The standard InChI is InChI=1S/C15H18N2O/c1-2-17(11-13-7-4-3-5-8-13)12-15(18)14-9-6-10-16-14/h3-10,16H,2,11-12H2,1H3. The quantitative estimate of drug-likeness (QED) is 0.791. The van der Waals surface area contributed by atoms with E-state index in [0.717, 1.165) is 13.1 Å². The molecule has 0 aliphatic carbocycles. The molecule has 1 heterocycles. The summed E-state index contributed by atoms with van der Waals surface area (Å²) in [5, 5.41) is 0. The number of likely N-dealkylation sites (N-methyl/N-ethyl adjacent to an activating group) is 1. The highest BCUT2D eigenvalue weighted by atomic mass is 16.1. The van der Waals surface area contributed by atoms with Crippen molar-refractivity contribution in [2.45, 2.75) is 13.5 Å². The van der Waals surface area contributed by atoms with E-state index in [4.69, 9.17) is 0 Å². The molecule has 0 fully saturated rings. The first-order valence-corrected chi connectivity index (χ1v) is 6.22. The average molecular weight is 242 g/mol. The minimum Gasteiger partial charge on any atom is -0.359 e. The Kier molecular flexibility index (Phi) is 4.31. The number of H-pyrrole nitrogens is 1. The summed E-state index contributed by atoms with van der Waals surface area (Å²) < 4.78 is 0. The van der Waals surface area contributed by atoms with Crippen LogP contribution >= 0.6 is 0 Å². The highest BCUT2D eigenvalue weighted by molar-refractivity contribution is 5.95. The van der Waals surface area contributed by atoms with E-state index in [1.54, 1.807) is 6.20 Å². The maximum atomic E-state index is 12.0. The second-order valence-corrected chi connectivity index (χ2v) is 4.30. The summed E-state index contributed by atoms with van der Waals surface area (Å²) >= 11 is 0. The zero-order chi connectivity index (χ0) is 12.8. The number of carbonyl (C=O) groups is 1. The van der Waals surface area contributed by atoms with Crippen molar-refractivity contribution in [2.75, 3.05) is 13.1 Å². The molecule has 0 unspecified atom stereocenters. The Morgan fingerprint density at radius 2 is 1.94 bits per heavy atom. The Balaban J connectivity index is 1.96. The molecule has 0 saturated heterocycles. The molecule has 0 amide bonds. The summed E-state index contributed by atoms with van der Waals surface area (Å²) in [5.74, 6) is 0.137. The van der Waals surface area contributed by atoms with Gasteiger partial charge in [0, 0.05) is 12.7 Å². The van der Waals surface area contributed by atoms with Gasteiger partial charge in [-0.15, -0.1) is 0 Å². The van der Waals surface area contributed by atoms with Crippen LogP contribution in [0.3, 0.4) is 0 Å². The van der Waals surface area contributed by atoms with Gasteiger partial charge in [-0.3, -0.25) is 9.69 Å². The van der Waals surface area contributed by atoms with Crippen molar-refractivity contribution in [2.24, 2.45) is 0 Å². The van der Waals surface area contributed by atoms with Crippen molar-refractivity contribution in [3.05, 3.63) is 59.9 Å². The molecular formula is C15H18N2O. The highest BCUT2D eigenvalue weighted by Crippen LogP contribution is 2.06. The number of carbonyl (C=O) groups excluding carboxylic acids is 1. The van der Waals surface area contributed by atoms with E-state index in [2.05, 4.69) is 28.9 Å². The van der Waals surface area contributed by atoms with Crippen molar-refractivity contribution in [3.8, 4) is 0 Å². The van der Waals surface area contributed by atoms with Crippen molar-refractivity contribution < 1.29 is 4.79 Å². The summed E-state index contributed by atoms with van der Waals surface area (Å²) in [6.07, 6.45) is 1.78. The van der Waals surface area contributed by atoms with Gasteiger partial charge in [-0.2, -0.15) is 0 Å². The van der Waals surface area contributed by atoms with E-state index >= 15 is 0 Å². The lowest BCUT2D eigenvalue weighted by molar-refractivity contribution is 0.0925. The molecular weight excluding hydrogens is 224 g/mol. The summed E-state index contributed by atoms with van der Waals surface area (Å²) in [6, 6.07) is 13.9. The van der Waals surface area contributed by atoms with Crippen LogP contribution < -0.4 is 0 Å². The van der Waals surface area contributed by atoms with Crippen LogP contribution in [-0.4, -0.2) is 28.8 Å². The molecule has 0 radical (unpaired) electrons. The van der Waals surface area contributed by atoms with Crippen LogP contribution in [0.1, 0.15) is 23.0 Å². The molecule has 18 heavy (non-hydrogen) atoms. The number of benzene rings is 1. The predicted molar refractivity (Wildman–Crippen MR) is 72.5 cm³/mol. The number of nitrogens with one attached hydrogen (secondary N) is 1. The van der Waals surface area contributed by atoms with Crippen LogP contribution in [0, 0.1) is 0 Å². The van der Waals surface area contributed by atoms with Gasteiger partial charge in [0.25, 0.3) is 0 Å². The topological polar surface area (TPSA) is 36.1 Å². The molecule has 0 spiro atoms. The van der Waals surface area contributed by atoms with Gasteiger partial charge in [-0.25, -0.2) is 0 Å². The van der Waals surface area contributed by atoms with Gasteiger partial charge < -0.3 is 4.98 Å². The van der Waals surface area contributed by atoms with E-state index in [0.29, 0.717) is 12.2 Å². The van der Waals surface area contributed by atoms with Crippen molar-refractivity contribution in [3.63, 3.8) is 0 Å². The first-order chi connectivity index (χ1) is 8.79. The Morgan fingerprint density at radius 1 is 1.17 bits per heavy atom. The number of rotatable bonds is 6. The van der Waals surface area contributed by atoms with Crippen LogP contribution in [0.15, 0.2) is 48.7 Å². The zero-order valence-corrected chi connectivity index (χ0v) is 10.6. The average Bonchev–Trinajstić information content (AvgIpc) is 2.93. The molecule has 0 bridgehead atoms. The van der Waals surface area contributed by atoms with Crippen molar-refractivity contribution >= 4 is 5.78 Å². The Bertz CT molecular complexity index is 476. The number of ketones is 1. The first kappa shape index (κ1) is 12.6. The SMILES string of the molecule is CCN(CC(=O)c1ccc[nH]1)Cc1ccccc1. The van der Waals surface area contributed by atoms with Gasteiger partial charge in [0.05, 0.1) is 12.2 Å². The summed E-state index contributed by atoms with van der Waals surface area (Å²) in [6.45, 7) is 4.20. The van der Waals surface area contributed by atoms with E-state index in [1.807, 2.05) is 30.3 Å². The Hall–Kier alpha value is -1.87. The fraction of sp³-hybridized carbons (Fsp3) is 0.267. The zero-order valence-electron chi connectivity index (χ0n) is 10.6. The molecule has 2 rings (SSSR count). The van der Waals surface area contributed by atoms with Crippen LogP contribution in [0.25, 0.3) is 0 Å². The van der Waals surface area contributed by atoms with Gasteiger partial charge in [-0.1, -0.05) is 37.3 Å². The van der Waals surface area contributed by atoms with Gasteiger partial charge in [0.1, 0.15) is 0 Å². The minimum absolute atomic E-state index is 0.137. The van der Waals surface area contributed by atoms with Gasteiger partial charge >= 0.3 is 0 Å². The van der Waals surface area contributed by atoms with Gasteiger partial charge in [0.2, 0.25) is 0 Å². The second-order valence-electron chi connectivity index (χ2n) is 4.30. The number of nitrogens with zero attached hydrogens (tertiary/aromatic N) is 1. The third-order valence-electron chi connectivity index (χ3n) is 2.96. The summed E-state index contributed by atoms with van der Waals surface area (Å²) in [5.41, 5.74) is 1.92. The Labute approximate surface area is 107 Å². The molecule has 3 heteroatoms. The normalized spacial score (nSPS) is 10.8. The predicted octanol–water partition coefficient (Wildman–Crippen LogP) is 2.72. The molecule has 0 aliphatic rings. The van der Waals surface area contributed by atoms with Gasteiger partial charge in [0.15, 0.2) is 5.78 Å². The van der Waals surface area contributed by atoms with E-state index in [9.17, 15) is 4.79 Å². The largest absolute Gasteiger partial charge is 0.359 e. The lowest BCUT2D eigenvalue weighted by Gasteiger charge is -2.19. The molecule has 0 atom stereocenters. The molecule has 3 nitrogen and oxygen atoms in total. The lowest BCUT2D eigenvalue weighted by Crippen LogP contribution is -2.29. The van der Waals surface area contributed by atoms with Crippen molar-refractivity contribution in [1.82, 2.24) is 9.88 Å². The lowest BCUT2D eigenvalue weighted by atomic mass is 10.2. The molecule has 0 aliphatic heterocycles. The van der Waals surface area contributed by atoms with Gasteiger partial charge in [-0.05, 0) is 24.2 Å². The van der Waals surface area contributed by atoms with E-state index in [-0.39, 0.29) is 5.78 Å². The molecule has 1 aromatic heterocycles. The van der Waals surface area contributed by atoms with Crippen molar-refractivity contribution in [1.29, 1.82) is 0 Å². The Morgan fingerprint density at radius 3 is 2.56 bits per heavy atom. The summed E-state index contributed by atoms with van der Waals surface area (Å²) in [4.78, 5) is 17.1. The minimum atomic E-state index is 0.137. The fourth-order valence-corrected chi connectivity index (χ4v) is 1.91. The van der Waals surface area contributed by atoms with Crippen LogP contribution in [-0.2, 0) is 6.54 Å². The van der Waals surface area contributed by atoms with E-state index in [1.165, 1.54) is 5.56 Å². The molecule has 2 aromatic rings. The molecule has 1 aromatic carbocycles. The number of hydrogen-bond acceptors (Lipinski definition) is 2. The highest BCUT2D eigenvalue weighted by Gasteiger charge is 2.11. The van der Waals surface area contributed by atoms with E-state index < -0.39 is 0 Å². The monoisotopic (exact) mass is 242 g/mol. The maximum Gasteiger partial charge on any atom is 0.192 e. The third-order valence-corrected chi connectivity index (χ3v) is 2.96. The smallest absolute Gasteiger partial charge is 0.192 e. The third kappa shape index (κ3) is 3.31. The number of aromatic nitrogens is 1. The van der Waals surface area contributed by atoms with Crippen LogP contribution in [0.2, 0.25) is 0 Å². The molecule has 1 N–H and O–H groups in total. The maximum absolute atomic E-state index is 12.0. The summed E-state index contributed by atoms with van der Waals surface area (Å²) in [7, 11) is 0. The first-order valence-electron chi connectivity index (χ1n) is 6.22. The van der Waals surface area contributed by atoms with Crippen LogP contribution in [0.4, 0.5) is 0 Å². The number of aromatic amines is 1.